The maximum absolute atomic E-state index is 12.4. The van der Waals surface area contributed by atoms with E-state index < -0.39 is 83.8 Å². The number of rotatable bonds is 11. The van der Waals surface area contributed by atoms with Gasteiger partial charge in [-0.3, -0.25) is 18.4 Å². The van der Waals surface area contributed by atoms with Crippen LogP contribution in [0.25, 0.3) is 11.2 Å². The van der Waals surface area contributed by atoms with E-state index in [9.17, 15) is 44.1 Å². The van der Waals surface area contributed by atoms with Gasteiger partial charge in [-0.05, 0) is 6.04 Å². The molecule has 2 fully saturated rings. The van der Waals surface area contributed by atoms with Gasteiger partial charge in [0, 0.05) is 6.07 Å². The van der Waals surface area contributed by atoms with Gasteiger partial charge in [0.2, 0.25) is 0 Å². The predicted octanol–water partition coefficient (Wildman–Crippen LogP) is -3.02. The standard InChI is InChI=1S/C21H27N7O14P2/c22-17-12-19(25-7-24-17)28(8-26-12)21-16(32)14(30)11(41-21)6-39-44(36,37)42-43(34,35)38-5-10-13(29)15(31)20(40-10)27-3-1-2-9(4-27)18(23)33/h1-4,7-8,10-11,13-16,20-21,29-32H,5-6H2,(H5-,22,23,24,25,33,34,35,36,37)/p+1/t10-,11-,13-,14-,15-,16-,20-,21-/m1/s1/i2D. The number of phosphoric acid groups is 2. The largest absolute Gasteiger partial charge is 0.481 e. The number of aliphatic hydroxyl groups is 4. The van der Waals surface area contributed by atoms with E-state index in [2.05, 4.69) is 23.8 Å². The van der Waals surface area contributed by atoms with Crippen molar-refractivity contribution < 1.29 is 72.9 Å². The van der Waals surface area contributed by atoms with Crippen molar-refractivity contribution >= 4 is 38.5 Å². The molecule has 0 saturated carbocycles. The summed E-state index contributed by atoms with van der Waals surface area (Å²) in [6.45, 7) is -1.85. The number of nitrogens with zero attached hydrogens (tertiary/aromatic N) is 5. The first-order valence-corrected chi connectivity index (χ1v) is 15.5. The lowest BCUT2D eigenvalue weighted by molar-refractivity contribution is -0.765. The second-order valence-corrected chi connectivity index (χ2v) is 12.6. The molecule has 44 heavy (non-hydrogen) atoms. The van der Waals surface area contributed by atoms with Crippen LogP contribution in [-0.4, -0.2) is 105 Å². The molecule has 240 valence electrons. The molecule has 2 aliphatic rings. The van der Waals surface area contributed by atoms with E-state index >= 15 is 0 Å². The molecule has 10 N–H and O–H groups in total. The summed E-state index contributed by atoms with van der Waals surface area (Å²) in [6, 6.07) is 0.973. The van der Waals surface area contributed by atoms with Gasteiger partial charge in [-0.25, -0.2) is 24.1 Å². The molecule has 3 aromatic heterocycles. The van der Waals surface area contributed by atoms with Gasteiger partial charge >= 0.3 is 15.6 Å². The number of nitrogen functional groups attached to an aromatic ring is 1. The Labute approximate surface area is 247 Å². The first-order chi connectivity index (χ1) is 21.1. The van der Waals surface area contributed by atoms with Crippen LogP contribution in [0.3, 0.4) is 0 Å². The Hall–Kier alpha value is -3.01. The number of primary amides is 1. The van der Waals surface area contributed by atoms with E-state index in [4.69, 9.17) is 26.8 Å². The van der Waals surface area contributed by atoms with Gasteiger partial charge in [-0.2, -0.15) is 8.88 Å². The Morgan fingerprint density at radius 2 is 1.66 bits per heavy atom. The Bertz CT molecular complexity index is 1680. The number of phosphoric ester groups is 2. The number of ether oxygens (including phenoxy) is 2. The van der Waals surface area contributed by atoms with Gasteiger partial charge in [0.25, 0.3) is 12.1 Å². The summed E-state index contributed by atoms with van der Waals surface area (Å²) in [5.41, 5.74) is 11.1. The number of hydrogen-bond donors (Lipinski definition) is 8. The monoisotopic (exact) mass is 665 g/mol. The third-order valence-corrected chi connectivity index (χ3v) is 9.27. The molecule has 0 radical (unpaired) electrons. The summed E-state index contributed by atoms with van der Waals surface area (Å²) >= 11 is 0. The van der Waals surface area contributed by atoms with Crippen LogP contribution < -0.4 is 16.0 Å². The van der Waals surface area contributed by atoms with Crippen LogP contribution in [0.4, 0.5) is 5.82 Å². The Kier molecular flexibility index (Phi) is 8.74. The third kappa shape index (κ3) is 6.65. The lowest BCUT2D eigenvalue weighted by atomic mass is 10.1. The van der Waals surface area contributed by atoms with Gasteiger partial charge < -0.3 is 51.2 Å². The van der Waals surface area contributed by atoms with Crippen LogP contribution in [0.1, 0.15) is 24.2 Å². The SMILES string of the molecule is [2H]c1cc[n+]([C@@H]2O[C@H](COP(=O)(O)OP(=O)(O)OC[C@H]3O[C@@H](n4cnc5c(N)ncnc54)[C@H](O)[C@@H]3O)[C@@H](O)[C@H]2O)cc1C(N)=O. The van der Waals surface area contributed by atoms with Crippen molar-refractivity contribution in [3.8, 4) is 0 Å². The summed E-state index contributed by atoms with van der Waals surface area (Å²) in [5.74, 6) is -0.892. The zero-order valence-corrected chi connectivity index (χ0v) is 23.9. The van der Waals surface area contributed by atoms with Crippen molar-refractivity contribution in [1.29, 1.82) is 0 Å². The number of aromatic nitrogens is 5. The maximum atomic E-state index is 12.4. The van der Waals surface area contributed by atoms with E-state index in [1.165, 1.54) is 23.2 Å². The topological polar surface area (TPSA) is 318 Å². The average Bonchev–Trinajstić information content (AvgIpc) is 3.61. The molecule has 1 amide bonds. The fourth-order valence-corrected chi connectivity index (χ4v) is 6.61. The number of pyridine rings is 1. The number of anilines is 1. The minimum atomic E-state index is -5.40. The molecule has 21 nitrogen and oxygen atoms in total. The highest BCUT2D eigenvalue weighted by Crippen LogP contribution is 2.60. The highest BCUT2D eigenvalue weighted by atomic mass is 31.3. The zero-order chi connectivity index (χ0) is 32.8. The number of imidazole rings is 1. The smallest absolute Gasteiger partial charge is 0.387 e. The Morgan fingerprint density at radius 3 is 2.32 bits per heavy atom. The van der Waals surface area contributed by atoms with Crippen LogP contribution in [-0.2, 0) is 32.0 Å². The van der Waals surface area contributed by atoms with Crippen LogP contribution >= 0.6 is 15.6 Å². The van der Waals surface area contributed by atoms with Crippen molar-refractivity contribution in [2.75, 3.05) is 18.9 Å². The average molecular weight is 665 g/mol. The molecular formula is C21H28N7O14P2+. The summed E-state index contributed by atoms with van der Waals surface area (Å²) in [6.07, 6.45) is -7.46. The predicted molar refractivity (Wildman–Crippen MR) is 139 cm³/mol. The van der Waals surface area contributed by atoms with Crippen LogP contribution in [0.5, 0.6) is 0 Å². The number of hydrogen-bond acceptors (Lipinski definition) is 16. The second kappa shape index (κ2) is 12.4. The fourth-order valence-electron chi connectivity index (χ4n) is 4.51. The summed E-state index contributed by atoms with van der Waals surface area (Å²) in [4.78, 5) is 43.4. The highest BCUT2D eigenvalue weighted by molar-refractivity contribution is 7.61. The zero-order valence-electron chi connectivity index (χ0n) is 23.2. The molecule has 2 saturated heterocycles. The molecule has 0 aliphatic carbocycles. The fraction of sp³-hybridized carbons (Fsp3) is 0.476. The molecule has 0 aromatic carbocycles. The van der Waals surface area contributed by atoms with Gasteiger partial charge in [-0.1, -0.05) is 0 Å². The summed E-state index contributed by atoms with van der Waals surface area (Å²) in [5, 5.41) is 41.7. The third-order valence-electron chi connectivity index (χ3n) is 6.67. The first kappa shape index (κ1) is 31.0. The molecule has 0 bridgehead atoms. The van der Waals surface area contributed by atoms with Gasteiger partial charge in [-0.15, -0.1) is 0 Å². The second-order valence-electron chi connectivity index (χ2n) is 9.60. The number of carbonyl (C=O) groups excluding carboxylic acids is 1. The van der Waals surface area contributed by atoms with Gasteiger partial charge in [0.05, 0.1) is 20.9 Å². The van der Waals surface area contributed by atoms with Crippen molar-refractivity contribution in [3.05, 3.63) is 42.7 Å². The van der Waals surface area contributed by atoms with E-state index in [1.54, 1.807) is 0 Å². The Balaban J connectivity index is 1.16. The van der Waals surface area contributed by atoms with Crippen LogP contribution in [0.15, 0.2) is 37.2 Å². The lowest BCUT2D eigenvalue weighted by Gasteiger charge is -2.20. The van der Waals surface area contributed by atoms with Crippen molar-refractivity contribution in [1.82, 2.24) is 19.5 Å². The maximum Gasteiger partial charge on any atom is 0.481 e. The van der Waals surface area contributed by atoms with Crippen LogP contribution in [0, 0.1) is 0 Å². The minimum absolute atomic E-state index is 0.0444. The first-order valence-electron chi connectivity index (χ1n) is 13.0. The minimum Gasteiger partial charge on any atom is -0.387 e. The summed E-state index contributed by atoms with van der Waals surface area (Å²) < 4.78 is 59.6. The molecule has 2 aliphatic heterocycles. The van der Waals surface area contributed by atoms with Gasteiger partial charge in [0.1, 0.15) is 47.9 Å². The molecule has 2 unspecified atom stereocenters. The summed E-state index contributed by atoms with van der Waals surface area (Å²) in [7, 11) is -10.8. The quantitative estimate of drug-likeness (QED) is 0.0746. The molecule has 10 atom stereocenters. The number of nitrogens with two attached hydrogens (primary N) is 2. The van der Waals surface area contributed by atoms with E-state index in [-0.39, 0.29) is 28.6 Å². The molecule has 0 spiro atoms. The highest BCUT2D eigenvalue weighted by Gasteiger charge is 2.50. The van der Waals surface area contributed by atoms with Crippen molar-refractivity contribution in [2.45, 2.75) is 49.1 Å². The van der Waals surface area contributed by atoms with Crippen LogP contribution in [0.2, 0.25) is 0 Å². The molecule has 5 rings (SSSR count). The molecule has 3 aromatic rings. The lowest BCUT2D eigenvalue weighted by Crippen LogP contribution is -2.46. The van der Waals surface area contributed by atoms with E-state index in [0.29, 0.717) is 0 Å². The van der Waals surface area contributed by atoms with Crippen molar-refractivity contribution in [3.63, 3.8) is 0 Å². The number of fused-ring (bicyclic) bond motifs is 1. The normalized spacial score (nSPS) is 31.9. The van der Waals surface area contributed by atoms with E-state index in [0.717, 1.165) is 17.1 Å². The van der Waals surface area contributed by atoms with Crippen molar-refractivity contribution in [2.24, 2.45) is 5.73 Å². The molecule has 5 heterocycles. The number of carbonyl (C=O) groups is 1. The number of aliphatic hydroxyl groups excluding tert-OH is 4. The number of amides is 1. The van der Waals surface area contributed by atoms with E-state index in [1.807, 2.05) is 0 Å². The van der Waals surface area contributed by atoms with Gasteiger partial charge in [0.15, 0.2) is 36.2 Å². The Morgan fingerprint density at radius 1 is 1.02 bits per heavy atom. The molecule has 23 heteroatoms. The molecular weight excluding hydrogens is 636 g/mol.